The molecular formula is C6H11NO3S. The lowest BCUT2D eigenvalue weighted by Gasteiger charge is -2.09. The zero-order chi connectivity index (χ0) is 8.85. The van der Waals surface area contributed by atoms with E-state index < -0.39 is 12.0 Å². The fourth-order valence-electron chi connectivity index (χ4n) is 0.552. The van der Waals surface area contributed by atoms with Crippen LogP contribution in [0.25, 0.3) is 0 Å². The van der Waals surface area contributed by atoms with E-state index in [4.69, 9.17) is 0 Å². The normalized spacial score (nSPS) is 11.9. The van der Waals surface area contributed by atoms with Gasteiger partial charge in [0.1, 0.15) is 12.0 Å². The first-order chi connectivity index (χ1) is 5.07. The quantitative estimate of drug-likeness (QED) is 0.361. The number of thiol groups is 1. The van der Waals surface area contributed by atoms with E-state index in [0.29, 0.717) is 0 Å². The molecule has 0 bridgehead atoms. The summed E-state index contributed by atoms with van der Waals surface area (Å²) in [6.45, 7) is 2.89. The van der Waals surface area contributed by atoms with Crippen molar-refractivity contribution < 1.29 is 14.3 Å². The molecule has 0 spiro atoms. The highest BCUT2D eigenvalue weighted by atomic mass is 32.1. The molecule has 4 nitrogen and oxygen atoms in total. The molecule has 0 saturated carbocycles. The smallest absolute Gasteiger partial charge is 0.329 e. The second-order valence-corrected chi connectivity index (χ2v) is 2.27. The molecule has 0 aliphatic heterocycles. The van der Waals surface area contributed by atoms with Crippen LogP contribution in [0.4, 0.5) is 0 Å². The van der Waals surface area contributed by atoms with Crippen LogP contribution in [0.3, 0.4) is 0 Å². The van der Waals surface area contributed by atoms with E-state index in [9.17, 15) is 9.59 Å². The standard InChI is InChI=1S/C6H11NO3S/c1-4(7-5(2)8)6(9)10-3-11/h4,11H,3H2,1-2H3,(H,7,8)/t4-/m0/s1. The van der Waals surface area contributed by atoms with E-state index in [1.54, 1.807) is 6.92 Å². The Morgan fingerprint density at radius 3 is 2.55 bits per heavy atom. The minimum absolute atomic E-state index is 0.0305. The van der Waals surface area contributed by atoms with Crippen LogP contribution in [0.5, 0.6) is 0 Å². The van der Waals surface area contributed by atoms with E-state index in [-0.39, 0.29) is 11.8 Å². The monoisotopic (exact) mass is 177 g/mol. The number of carbonyl (C=O) groups is 2. The Bertz CT molecular complexity index is 160. The Kier molecular flexibility index (Phi) is 4.69. The number of amides is 1. The maximum atomic E-state index is 10.8. The van der Waals surface area contributed by atoms with Crippen molar-refractivity contribution in [1.82, 2.24) is 5.32 Å². The summed E-state index contributed by atoms with van der Waals surface area (Å²) in [4.78, 5) is 21.2. The molecule has 64 valence electrons. The van der Waals surface area contributed by atoms with Crippen LogP contribution in [0.2, 0.25) is 0 Å². The third kappa shape index (κ3) is 4.66. The zero-order valence-corrected chi connectivity index (χ0v) is 7.35. The van der Waals surface area contributed by atoms with E-state index in [0.717, 1.165) is 0 Å². The molecule has 0 aromatic heterocycles. The molecule has 1 atom stereocenters. The number of nitrogens with one attached hydrogen (secondary N) is 1. The molecule has 0 rings (SSSR count). The van der Waals surface area contributed by atoms with Crippen molar-refractivity contribution in [3.8, 4) is 0 Å². The van der Waals surface area contributed by atoms with Gasteiger partial charge in [-0.3, -0.25) is 4.79 Å². The van der Waals surface area contributed by atoms with Crippen molar-refractivity contribution in [3.05, 3.63) is 0 Å². The molecule has 1 N–H and O–H groups in total. The molecular weight excluding hydrogens is 166 g/mol. The average molecular weight is 177 g/mol. The van der Waals surface area contributed by atoms with Crippen LogP contribution < -0.4 is 5.32 Å². The van der Waals surface area contributed by atoms with Gasteiger partial charge < -0.3 is 10.1 Å². The molecule has 0 unspecified atom stereocenters. The number of hydrogen-bond acceptors (Lipinski definition) is 4. The van der Waals surface area contributed by atoms with Gasteiger partial charge in [-0.05, 0) is 6.92 Å². The molecule has 0 aliphatic carbocycles. The van der Waals surface area contributed by atoms with Crippen LogP contribution in [0, 0.1) is 0 Å². The number of hydrogen-bond donors (Lipinski definition) is 2. The van der Waals surface area contributed by atoms with Crippen molar-refractivity contribution in [3.63, 3.8) is 0 Å². The number of rotatable bonds is 3. The molecule has 11 heavy (non-hydrogen) atoms. The lowest BCUT2D eigenvalue weighted by atomic mass is 10.3. The highest BCUT2D eigenvalue weighted by Crippen LogP contribution is 1.88. The van der Waals surface area contributed by atoms with Crippen LogP contribution in [0.1, 0.15) is 13.8 Å². The topological polar surface area (TPSA) is 55.4 Å². The molecule has 0 saturated heterocycles. The second kappa shape index (κ2) is 5.01. The summed E-state index contributed by atoms with van der Waals surface area (Å²) < 4.78 is 4.52. The third-order valence-electron chi connectivity index (χ3n) is 0.980. The highest BCUT2D eigenvalue weighted by molar-refractivity contribution is 7.80. The summed E-state index contributed by atoms with van der Waals surface area (Å²) in [5.74, 6) is -0.702. The Hall–Kier alpha value is -0.710. The third-order valence-corrected chi connectivity index (χ3v) is 1.11. The lowest BCUT2D eigenvalue weighted by Crippen LogP contribution is -2.38. The number of ether oxygens (including phenoxy) is 1. The second-order valence-electron chi connectivity index (χ2n) is 2.01. The molecule has 0 radical (unpaired) electrons. The van der Waals surface area contributed by atoms with Crippen molar-refractivity contribution in [2.45, 2.75) is 19.9 Å². The maximum Gasteiger partial charge on any atom is 0.329 e. The van der Waals surface area contributed by atoms with Crippen LogP contribution in [-0.4, -0.2) is 23.9 Å². The fraction of sp³-hybridized carbons (Fsp3) is 0.667. The van der Waals surface area contributed by atoms with E-state index >= 15 is 0 Å². The van der Waals surface area contributed by atoms with Crippen molar-refractivity contribution >= 4 is 24.5 Å². The average Bonchev–Trinajstić information content (AvgIpc) is 1.86. The van der Waals surface area contributed by atoms with Gasteiger partial charge in [0.15, 0.2) is 0 Å². The predicted molar refractivity (Wildman–Crippen MR) is 43.2 cm³/mol. The first-order valence-corrected chi connectivity index (χ1v) is 3.75. The summed E-state index contributed by atoms with van der Waals surface area (Å²) in [6, 6.07) is -0.598. The molecule has 0 heterocycles. The van der Waals surface area contributed by atoms with Crippen LogP contribution in [0.15, 0.2) is 0 Å². The summed E-state index contributed by atoms with van der Waals surface area (Å²) in [5.41, 5.74) is 0. The SMILES string of the molecule is CC(=O)N[C@@H](C)C(=O)OCS. The molecule has 0 aromatic rings. The minimum atomic E-state index is -0.598. The Labute approximate surface area is 70.7 Å². The zero-order valence-electron chi connectivity index (χ0n) is 6.46. The fourth-order valence-corrected chi connectivity index (χ4v) is 0.680. The number of carbonyl (C=O) groups excluding carboxylic acids is 2. The van der Waals surface area contributed by atoms with Gasteiger partial charge in [0, 0.05) is 6.92 Å². The van der Waals surface area contributed by atoms with E-state index in [1.165, 1.54) is 6.92 Å². The Morgan fingerprint density at radius 2 is 2.18 bits per heavy atom. The van der Waals surface area contributed by atoms with E-state index in [2.05, 4.69) is 22.7 Å². The summed E-state index contributed by atoms with van der Waals surface area (Å²) in [7, 11) is 0. The van der Waals surface area contributed by atoms with Gasteiger partial charge in [-0.2, -0.15) is 0 Å². The molecule has 5 heteroatoms. The van der Waals surface area contributed by atoms with Gasteiger partial charge >= 0.3 is 5.97 Å². The predicted octanol–water partition coefficient (Wildman–Crippen LogP) is -0.0585. The minimum Gasteiger partial charge on any atom is -0.453 e. The maximum absolute atomic E-state index is 10.8. The Balaban J connectivity index is 3.73. The van der Waals surface area contributed by atoms with Gasteiger partial charge in [0.25, 0.3) is 0 Å². The van der Waals surface area contributed by atoms with Crippen molar-refractivity contribution in [2.24, 2.45) is 0 Å². The number of esters is 1. The Morgan fingerprint density at radius 1 is 1.64 bits per heavy atom. The lowest BCUT2D eigenvalue weighted by molar-refractivity contribution is -0.145. The molecule has 0 fully saturated rings. The summed E-state index contributed by atoms with van der Waals surface area (Å²) in [5, 5.41) is 2.38. The first-order valence-electron chi connectivity index (χ1n) is 3.12. The van der Waals surface area contributed by atoms with Gasteiger partial charge in [0.05, 0.1) is 0 Å². The largest absolute Gasteiger partial charge is 0.453 e. The van der Waals surface area contributed by atoms with E-state index in [1.807, 2.05) is 0 Å². The van der Waals surface area contributed by atoms with Crippen LogP contribution >= 0.6 is 12.6 Å². The summed E-state index contributed by atoms with van der Waals surface area (Å²) >= 11 is 3.69. The van der Waals surface area contributed by atoms with Gasteiger partial charge in [-0.25, -0.2) is 4.79 Å². The van der Waals surface area contributed by atoms with Crippen LogP contribution in [-0.2, 0) is 14.3 Å². The highest BCUT2D eigenvalue weighted by Gasteiger charge is 2.13. The molecule has 0 aromatic carbocycles. The first kappa shape index (κ1) is 10.3. The van der Waals surface area contributed by atoms with Crippen molar-refractivity contribution in [2.75, 3.05) is 5.94 Å². The summed E-state index contributed by atoms with van der Waals surface area (Å²) in [6.07, 6.45) is 0. The van der Waals surface area contributed by atoms with Gasteiger partial charge in [-0.1, -0.05) is 0 Å². The van der Waals surface area contributed by atoms with Crippen molar-refractivity contribution in [1.29, 1.82) is 0 Å². The van der Waals surface area contributed by atoms with Gasteiger partial charge in [-0.15, -0.1) is 12.6 Å². The van der Waals surface area contributed by atoms with Gasteiger partial charge in [0.2, 0.25) is 5.91 Å². The molecule has 0 aliphatic rings. The molecule has 1 amide bonds.